The van der Waals surface area contributed by atoms with Gasteiger partial charge in [0.2, 0.25) is 0 Å². The molecule has 1 aliphatic heterocycles. The first-order valence-corrected chi connectivity index (χ1v) is 7.58. The molecule has 3 heteroatoms. The Labute approximate surface area is 116 Å². The van der Waals surface area contributed by atoms with Gasteiger partial charge in [0, 0.05) is 43.6 Å². The van der Waals surface area contributed by atoms with Crippen LogP contribution in [0.5, 0.6) is 0 Å². The molecule has 19 heavy (non-hydrogen) atoms. The van der Waals surface area contributed by atoms with Gasteiger partial charge in [-0.15, -0.1) is 0 Å². The molecule has 1 aromatic heterocycles. The van der Waals surface area contributed by atoms with Gasteiger partial charge in [-0.1, -0.05) is 13.0 Å². The predicted molar refractivity (Wildman–Crippen MR) is 77.9 cm³/mol. The van der Waals surface area contributed by atoms with Crippen molar-refractivity contribution in [1.29, 1.82) is 0 Å². The van der Waals surface area contributed by atoms with E-state index in [-0.39, 0.29) is 5.54 Å². The Morgan fingerprint density at radius 1 is 1.47 bits per heavy atom. The van der Waals surface area contributed by atoms with Crippen LogP contribution in [0.1, 0.15) is 38.7 Å². The smallest absolute Gasteiger partial charge is 0.0312 e. The lowest BCUT2D eigenvalue weighted by Crippen LogP contribution is -2.63. The van der Waals surface area contributed by atoms with Crippen molar-refractivity contribution in [2.24, 2.45) is 5.92 Å². The quantitative estimate of drug-likeness (QED) is 0.900. The van der Waals surface area contributed by atoms with E-state index in [1.165, 1.54) is 31.4 Å². The lowest BCUT2D eigenvalue weighted by atomic mass is 9.90. The van der Waals surface area contributed by atoms with Crippen LogP contribution in [0, 0.1) is 5.92 Å². The summed E-state index contributed by atoms with van der Waals surface area (Å²) in [6.07, 6.45) is 7.89. The van der Waals surface area contributed by atoms with Gasteiger partial charge in [0.05, 0.1) is 0 Å². The second kappa shape index (κ2) is 5.22. The third-order valence-electron chi connectivity index (χ3n) is 4.97. The second-order valence-corrected chi connectivity index (χ2v) is 6.42. The highest BCUT2D eigenvalue weighted by atomic mass is 15.3. The van der Waals surface area contributed by atoms with E-state index in [0.29, 0.717) is 6.04 Å². The lowest BCUT2D eigenvalue weighted by molar-refractivity contribution is 0.0368. The van der Waals surface area contributed by atoms with Gasteiger partial charge in [-0.25, -0.2) is 0 Å². The van der Waals surface area contributed by atoms with Gasteiger partial charge in [0.15, 0.2) is 0 Å². The molecule has 1 saturated carbocycles. The van der Waals surface area contributed by atoms with Crippen molar-refractivity contribution < 1.29 is 0 Å². The Hall–Kier alpha value is -0.930. The Kier molecular flexibility index (Phi) is 3.59. The van der Waals surface area contributed by atoms with E-state index in [2.05, 4.69) is 35.1 Å². The van der Waals surface area contributed by atoms with Crippen molar-refractivity contribution in [3.63, 3.8) is 0 Å². The molecular formula is C16H25N3. The Bertz CT molecular complexity index is 415. The van der Waals surface area contributed by atoms with Crippen molar-refractivity contribution in [2.45, 2.75) is 51.2 Å². The number of hydrogen-bond acceptors (Lipinski definition) is 3. The van der Waals surface area contributed by atoms with Crippen molar-refractivity contribution >= 4 is 0 Å². The summed E-state index contributed by atoms with van der Waals surface area (Å²) in [5, 5.41) is 3.78. The van der Waals surface area contributed by atoms with E-state index in [1.54, 1.807) is 0 Å². The maximum Gasteiger partial charge on any atom is 0.0312 e. The monoisotopic (exact) mass is 259 g/mol. The molecule has 0 radical (unpaired) electrons. The lowest BCUT2D eigenvalue weighted by Gasteiger charge is -2.48. The molecule has 2 fully saturated rings. The molecule has 3 rings (SSSR count). The van der Waals surface area contributed by atoms with Gasteiger partial charge < -0.3 is 5.32 Å². The van der Waals surface area contributed by atoms with Crippen molar-refractivity contribution in [1.82, 2.24) is 15.2 Å². The number of nitrogens with one attached hydrogen (secondary N) is 1. The molecule has 1 saturated heterocycles. The Morgan fingerprint density at radius 2 is 2.32 bits per heavy atom. The summed E-state index contributed by atoms with van der Waals surface area (Å²) in [4.78, 5) is 6.92. The van der Waals surface area contributed by atoms with Crippen LogP contribution in [0.15, 0.2) is 24.5 Å². The van der Waals surface area contributed by atoms with E-state index in [1.807, 2.05) is 18.5 Å². The van der Waals surface area contributed by atoms with E-state index in [0.717, 1.165) is 19.0 Å². The van der Waals surface area contributed by atoms with Gasteiger partial charge in [-0.3, -0.25) is 9.88 Å². The Balaban J connectivity index is 1.73. The fraction of sp³-hybridized carbons (Fsp3) is 0.688. The zero-order valence-corrected chi connectivity index (χ0v) is 12.1. The van der Waals surface area contributed by atoms with Gasteiger partial charge in [0.25, 0.3) is 0 Å². The summed E-state index contributed by atoms with van der Waals surface area (Å²) >= 11 is 0. The maximum atomic E-state index is 4.25. The van der Waals surface area contributed by atoms with Crippen LogP contribution in [-0.2, 0) is 6.54 Å². The highest BCUT2D eigenvalue weighted by Crippen LogP contribution is 2.36. The zero-order chi connectivity index (χ0) is 13.3. The zero-order valence-electron chi connectivity index (χ0n) is 12.1. The summed E-state index contributed by atoms with van der Waals surface area (Å²) in [5.74, 6) is 0.929. The SMILES string of the molecule is CCC1(C)CNC(C2CC2)CN1Cc1cccnc1. The topological polar surface area (TPSA) is 28.2 Å². The highest BCUT2D eigenvalue weighted by Gasteiger charge is 2.41. The van der Waals surface area contributed by atoms with Gasteiger partial charge >= 0.3 is 0 Å². The van der Waals surface area contributed by atoms with Crippen molar-refractivity contribution in [2.75, 3.05) is 13.1 Å². The fourth-order valence-electron chi connectivity index (χ4n) is 3.12. The molecule has 1 aromatic rings. The molecule has 2 heterocycles. The first-order valence-electron chi connectivity index (χ1n) is 7.58. The molecular weight excluding hydrogens is 234 g/mol. The summed E-state index contributed by atoms with van der Waals surface area (Å²) in [6, 6.07) is 4.94. The first kappa shape index (κ1) is 13.1. The number of nitrogens with zero attached hydrogens (tertiary/aromatic N) is 2. The third kappa shape index (κ3) is 2.82. The number of pyridine rings is 1. The minimum absolute atomic E-state index is 0.279. The van der Waals surface area contributed by atoms with Crippen molar-refractivity contribution in [3.8, 4) is 0 Å². The van der Waals surface area contributed by atoms with Crippen LogP contribution in [0.3, 0.4) is 0 Å². The first-order chi connectivity index (χ1) is 9.21. The van der Waals surface area contributed by atoms with Crippen molar-refractivity contribution in [3.05, 3.63) is 30.1 Å². The molecule has 2 aliphatic rings. The molecule has 3 nitrogen and oxygen atoms in total. The van der Waals surface area contributed by atoms with Gasteiger partial charge in [-0.05, 0) is 43.7 Å². The normalized spacial score (nSPS) is 32.4. The second-order valence-electron chi connectivity index (χ2n) is 6.42. The average Bonchev–Trinajstić information content (AvgIpc) is 3.27. The summed E-state index contributed by atoms with van der Waals surface area (Å²) in [5.41, 5.74) is 1.61. The fourth-order valence-corrected chi connectivity index (χ4v) is 3.12. The van der Waals surface area contributed by atoms with Crippen LogP contribution in [0.25, 0.3) is 0 Å². The minimum atomic E-state index is 0.279. The molecule has 0 aromatic carbocycles. The van der Waals surface area contributed by atoms with Crippen LogP contribution in [0.4, 0.5) is 0 Å². The largest absolute Gasteiger partial charge is 0.311 e. The van der Waals surface area contributed by atoms with Gasteiger partial charge in [0.1, 0.15) is 0 Å². The summed E-state index contributed by atoms with van der Waals surface area (Å²) < 4.78 is 0. The number of rotatable bonds is 4. The van der Waals surface area contributed by atoms with Crippen LogP contribution in [0.2, 0.25) is 0 Å². The number of piperazine rings is 1. The molecule has 0 bridgehead atoms. The molecule has 0 spiro atoms. The van der Waals surface area contributed by atoms with E-state index < -0.39 is 0 Å². The molecule has 104 valence electrons. The average molecular weight is 259 g/mol. The molecule has 1 N–H and O–H groups in total. The summed E-state index contributed by atoms with van der Waals surface area (Å²) in [6.45, 7) is 8.02. The molecule has 1 aliphatic carbocycles. The minimum Gasteiger partial charge on any atom is -0.311 e. The van der Waals surface area contributed by atoms with Crippen LogP contribution in [-0.4, -0.2) is 34.6 Å². The number of hydrogen-bond donors (Lipinski definition) is 1. The maximum absolute atomic E-state index is 4.25. The van der Waals surface area contributed by atoms with E-state index in [4.69, 9.17) is 0 Å². The van der Waals surface area contributed by atoms with Crippen LogP contribution < -0.4 is 5.32 Å². The van der Waals surface area contributed by atoms with Gasteiger partial charge in [-0.2, -0.15) is 0 Å². The Morgan fingerprint density at radius 3 is 2.95 bits per heavy atom. The standard InChI is InChI=1S/C16H25N3/c1-3-16(2)12-18-15(14-6-7-14)11-19(16)10-13-5-4-8-17-9-13/h4-5,8-9,14-15,18H,3,6-7,10-12H2,1-2H3. The van der Waals surface area contributed by atoms with E-state index >= 15 is 0 Å². The molecule has 2 atom stereocenters. The molecule has 0 amide bonds. The molecule has 2 unspecified atom stereocenters. The summed E-state index contributed by atoms with van der Waals surface area (Å²) in [7, 11) is 0. The van der Waals surface area contributed by atoms with E-state index in [9.17, 15) is 0 Å². The number of aromatic nitrogens is 1. The third-order valence-corrected chi connectivity index (χ3v) is 4.97. The van der Waals surface area contributed by atoms with Crippen LogP contribution >= 0.6 is 0 Å². The highest BCUT2D eigenvalue weighted by molar-refractivity contribution is 5.10. The predicted octanol–water partition coefficient (Wildman–Crippen LogP) is 2.43.